The van der Waals surface area contributed by atoms with Crippen LogP contribution in [0, 0.1) is 0 Å². The van der Waals surface area contributed by atoms with Crippen LogP contribution in [0.25, 0.3) is 0 Å². The van der Waals surface area contributed by atoms with Crippen molar-refractivity contribution in [2.45, 2.75) is 31.3 Å². The molecule has 0 unspecified atom stereocenters. The Morgan fingerprint density at radius 3 is 2.53 bits per heavy atom. The fraction of sp³-hybridized carbons (Fsp3) is 0.429. The van der Waals surface area contributed by atoms with E-state index in [4.69, 9.17) is 5.11 Å². The molecule has 1 amide bonds. The number of carbonyl (C=O) groups is 2. The summed E-state index contributed by atoms with van der Waals surface area (Å²) in [6.07, 6.45) is 2.41. The third-order valence-corrected chi connectivity index (χ3v) is 3.50. The van der Waals surface area contributed by atoms with Crippen LogP contribution in [0.5, 0.6) is 0 Å². The van der Waals surface area contributed by atoms with Crippen LogP contribution in [0.1, 0.15) is 35.2 Å². The summed E-state index contributed by atoms with van der Waals surface area (Å²) in [5.41, 5.74) is -0.143. The van der Waals surface area contributed by atoms with Gasteiger partial charge in [-0.1, -0.05) is 18.2 Å². The lowest BCUT2D eigenvalue weighted by Gasteiger charge is -2.36. The molecule has 19 heavy (non-hydrogen) atoms. The molecule has 102 valence electrons. The van der Waals surface area contributed by atoms with Gasteiger partial charge in [-0.2, -0.15) is 0 Å². The molecule has 0 atom stereocenters. The zero-order chi connectivity index (χ0) is 13.9. The summed E-state index contributed by atoms with van der Waals surface area (Å²) in [6.45, 7) is 0.237. The molecule has 1 aromatic carbocycles. The molecule has 1 aliphatic rings. The van der Waals surface area contributed by atoms with Gasteiger partial charge in [-0.05, 0) is 30.9 Å². The molecule has 0 aliphatic heterocycles. The first-order chi connectivity index (χ1) is 9.00. The summed E-state index contributed by atoms with van der Waals surface area (Å²) in [5, 5.41) is 21.5. The fourth-order valence-electron chi connectivity index (χ4n) is 2.14. The summed E-state index contributed by atoms with van der Waals surface area (Å²) < 4.78 is 0. The van der Waals surface area contributed by atoms with Crippen LogP contribution in [-0.2, 0) is 11.2 Å². The Hall–Kier alpha value is -1.88. The van der Waals surface area contributed by atoms with Crippen molar-refractivity contribution in [2.24, 2.45) is 0 Å². The van der Waals surface area contributed by atoms with E-state index in [0.717, 1.165) is 6.42 Å². The first-order valence-corrected chi connectivity index (χ1v) is 6.30. The van der Waals surface area contributed by atoms with Crippen LogP contribution in [0.2, 0.25) is 0 Å². The number of benzene rings is 1. The van der Waals surface area contributed by atoms with E-state index >= 15 is 0 Å². The smallest absolute Gasteiger partial charge is 0.335 e. The van der Waals surface area contributed by atoms with Gasteiger partial charge in [0.15, 0.2) is 0 Å². The lowest BCUT2D eigenvalue weighted by Crippen LogP contribution is -2.48. The molecule has 1 aromatic rings. The summed E-state index contributed by atoms with van der Waals surface area (Å²) in [4.78, 5) is 22.8. The van der Waals surface area contributed by atoms with Gasteiger partial charge in [0.05, 0.1) is 17.6 Å². The maximum Gasteiger partial charge on any atom is 0.335 e. The minimum atomic E-state index is -1.04. The van der Waals surface area contributed by atoms with Crippen LogP contribution < -0.4 is 5.32 Å². The molecule has 0 bridgehead atoms. The van der Waals surface area contributed by atoms with Crippen molar-refractivity contribution < 1.29 is 19.8 Å². The standard InChI is InChI=1S/C14H17NO4/c16-12(15-9-14(19)6-3-7-14)8-10-4-1-2-5-11(10)13(17)18/h1-2,4-5,19H,3,6-9H2,(H,15,16)(H,17,18). The zero-order valence-corrected chi connectivity index (χ0v) is 10.6. The van der Waals surface area contributed by atoms with Gasteiger partial charge in [0, 0.05) is 6.54 Å². The normalized spacial score (nSPS) is 16.5. The van der Waals surface area contributed by atoms with Crippen molar-refractivity contribution in [1.82, 2.24) is 5.32 Å². The topological polar surface area (TPSA) is 86.6 Å². The lowest BCUT2D eigenvalue weighted by molar-refractivity contribution is -0.122. The maximum absolute atomic E-state index is 11.8. The van der Waals surface area contributed by atoms with Gasteiger partial charge in [0.1, 0.15) is 0 Å². The first kappa shape index (κ1) is 13.5. The summed E-state index contributed by atoms with van der Waals surface area (Å²) in [6, 6.07) is 6.43. The van der Waals surface area contributed by atoms with Gasteiger partial charge in [-0.3, -0.25) is 4.79 Å². The van der Waals surface area contributed by atoms with Crippen LogP contribution in [-0.4, -0.2) is 34.2 Å². The molecule has 2 rings (SSSR count). The van der Waals surface area contributed by atoms with Crippen molar-refractivity contribution in [1.29, 1.82) is 0 Å². The fourth-order valence-corrected chi connectivity index (χ4v) is 2.14. The first-order valence-electron chi connectivity index (χ1n) is 6.30. The lowest BCUT2D eigenvalue weighted by atomic mass is 9.80. The highest BCUT2D eigenvalue weighted by Gasteiger charge is 2.34. The molecular weight excluding hydrogens is 246 g/mol. The van der Waals surface area contributed by atoms with Gasteiger partial charge in [0.25, 0.3) is 0 Å². The third-order valence-electron chi connectivity index (χ3n) is 3.50. The van der Waals surface area contributed by atoms with E-state index < -0.39 is 11.6 Å². The van der Waals surface area contributed by atoms with E-state index in [0.29, 0.717) is 18.4 Å². The number of amides is 1. The molecular formula is C14H17NO4. The molecule has 5 heteroatoms. The number of aliphatic hydroxyl groups is 1. The molecule has 0 radical (unpaired) electrons. The molecule has 1 saturated carbocycles. The minimum Gasteiger partial charge on any atom is -0.478 e. The molecule has 0 spiro atoms. The predicted octanol–water partition coefficient (Wildman–Crippen LogP) is 0.958. The zero-order valence-electron chi connectivity index (χ0n) is 10.6. The molecule has 3 N–H and O–H groups in total. The van der Waals surface area contributed by atoms with E-state index in [9.17, 15) is 14.7 Å². The van der Waals surface area contributed by atoms with Gasteiger partial charge in [0.2, 0.25) is 5.91 Å². The summed E-state index contributed by atoms with van der Waals surface area (Å²) in [7, 11) is 0. The molecule has 1 fully saturated rings. The number of carboxylic acids is 1. The molecule has 1 aliphatic carbocycles. The number of rotatable bonds is 5. The average Bonchev–Trinajstić information content (AvgIpc) is 2.34. The van der Waals surface area contributed by atoms with E-state index in [-0.39, 0.29) is 24.4 Å². The second kappa shape index (κ2) is 5.40. The van der Waals surface area contributed by atoms with Crippen LogP contribution in [0.15, 0.2) is 24.3 Å². The van der Waals surface area contributed by atoms with Crippen LogP contribution >= 0.6 is 0 Å². The second-order valence-corrected chi connectivity index (χ2v) is 4.99. The van der Waals surface area contributed by atoms with Crippen molar-refractivity contribution in [3.63, 3.8) is 0 Å². The Kier molecular flexibility index (Phi) is 3.85. The van der Waals surface area contributed by atoms with Crippen molar-refractivity contribution >= 4 is 11.9 Å². The van der Waals surface area contributed by atoms with Crippen molar-refractivity contribution in [3.05, 3.63) is 35.4 Å². The Bertz CT molecular complexity index is 494. The Morgan fingerprint density at radius 2 is 1.95 bits per heavy atom. The third kappa shape index (κ3) is 3.32. The molecule has 0 saturated heterocycles. The number of aromatic carboxylic acids is 1. The number of nitrogens with one attached hydrogen (secondary N) is 1. The number of hydrogen-bond acceptors (Lipinski definition) is 3. The highest BCUT2D eigenvalue weighted by molar-refractivity contribution is 5.91. The Morgan fingerprint density at radius 1 is 1.26 bits per heavy atom. The molecule has 0 heterocycles. The van der Waals surface area contributed by atoms with Crippen molar-refractivity contribution in [3.8, 4) is 0 Å². The van der Waals surface area contributed by atoms with Gasteiger partial charge < -0.3 is 15.5 Å². The highest BCUT2D eigenvalue weighted by atomic mass is 16.4. The predicted molar refractivity (Wildman–Crippen MR) is 68.9 cm³/mol. The monoisotopic (exact) mass is 263 g/mol. The minimum absolute atomic E-state index is 0.0125. The molecule has 0 aromatic heterocycles. The van der Waals surface area contributed by atoms with Gasteiger partial charge in [-0.25, -0.2) is 4.79 Å². The number of hydrogen-bond donors (Lipinski definition) is 3. The van der Waals surface area contributed by atoms with E-state index in [1.807, 2.05) is 0 Å². The second-order valence-electron chi connectivity index (χ2n) is 4.99. The summed E-state index contributed by atoms with van der Waals surface area (Å²) >= 11 is 0. The Labute approximate surface area is 111 Å². The maximum atomic E-state index is 11.8. The highest BCUT2D eigenvalue weighted by Crippen LogP contribution is 2.30. The van der Waals surface area contributed by atoms with E-state index in [1.54, 1.807) is 18.2 Å². The van der Waals surface area contributed by atoms with Crippen molar-refractivity contribution in [2.75, 3.05) is 6.54 Å². The summed E-state index contributed by atoms with van der Waals surface area (Å²) in [5.74, 6) is -1.31. The van der Waals surface area contributed by atoms with E-state index in [2.05, 4.69) is 5.32 Å². The molecule has 5 nitrogen and oxygen atoms in total. The van der Waals surface area contributed by atoms with E-state index in [1.165, 1.54) is 6.07 Å². The SMILES string of the molecule is O=C(Cc1ccccc1C(=O)O)NCC1(O)CCC1. The largest absolute Gasteiger partial charge is 0.478 e. The average molecular weight is 263 g/mol. The quantitative estimate of drug-likeness (QED) is 0.738. The number of carboxylic acid groups (broad SMARTS) is 1. The van der Waals surface area contributed by atoms with Crippen LogP contribution in [0.4, 0.5) is 0 Å². The van der Waals surface area contributed by atoms with Gasteiger partial charge in [-0.15, -0.1) is 0 Å². The van der Waals surface area contributed by atoms with Gasteiger partial charge >= 0.3 is 5.97 Å². The van der Waals surface area contributed by atoms with Crippen LogP contribution in [0.3, 0.4) is 0 Å². The Balaban J connectivity index is 1.93. The number of carbonyl (C=O) groups excluding carboxylic acids is 1.